The molecule has 1 unspecified atom stereocenters. The fourth-order valence-corrected chi connectivity index (χ4v) is 1.97. The summed E-state index contributed by atoms with van der Waals surface area (Å²) in [5, 5.41) is 8.53. The standard InChI is InChI=1S/C14H16N2O4/c1-16(11-6-7-20-9-11)14(19)12-4-2-10(8-15-12)3-5-13(17)18/h2-5,8,11H,6-7,9H2,1H3,(H,17,18)/b5-3+. The molecule has 1 aliphatic rings. The van der Waals surface area contributed by atoms with E-state index in [-0.39, 0.29) is 11.9 Å². The van der Waals surface area contributed by atoms with Crippen LogP contribution in [0.3, 0.4) is 0 Å². The highest BCUT2D eigenvalue weighted by molar-refractivity contribution is 5.92. The van der Waals surface area contributed by atoms with E-state index in [1.54, 1.807) is 24.1 Å². The number of pyridine rings is 1. The lowest BCUT2D eigenvalue weighted by Gasteiger charge is -2.22. The maximum absolute atomic E-state index is 12.2. The number of carboxylic acids is 1. The average molecular weight is 276 g/mol. The molecule has 1 aromatic heterocycles. The molecule has 1 atom stereocenters. The zero-order valence-corrected chi connectivity index (χ0v) is 11.2. The second-order valence-corrected chi connectivity index (χ2v) is 4.58. The second kappa shape index (κ2) is 6.29. The Balaban J connectivity index is 2.05. The maximum atomic E-state index is 12.2. The van der Waals surface area contributed by atoms with Crippen molar-refractivity contribution in [2.45, 2.75) is 12.5 Å². The van der Waals surface area contributed by atoms with Crippen molar-refractivity contribution in [3.05, 3.63) is 35.7 Å². The Kier molecular flexibility index (Phi) is 4.47. The van der Waals surface area contributed by atoms with Crippen molar-refractivity contribution in [3.8, 4) is 0 Å². The van der Waals surface area contributed by atoms with E-state index in [0.717, 1.165) is 12.5 Å². The average Bonchev–Trinajstić information content (AvgIpc) is 2.98. The number of hydrogen-bond acceptors (Lipinski definition) is 4. The molecule has 0 radical (unpaired) electrons. The number of aliphatic carboxylic acids is 1. The number of rotatable bonds is 4. The third-order valence-electron chi connectivity index (χ3n) is 3.20. The SMILES string of the molecule is CN(C(=O)c1ccc(/C=C/C(=O)O)cn1)C1CCOC1. The maximum Gasteiger partial charge on any atom is 0.328 e. The van der Waals surface area contributed by atoms with E-state index >= 15 is 0 Å². The van der Waals surface area contributed by atoms with Gasteiger partial charge in [-0.05, 0) is 24.1 Å². The summed E-state index contributed by atoms with van der Waals surface area (Å²) in [6.45, 7) is 1.23. The summed E-state index contributed by atoms with van der Waals surface area (Å²) in [6.07, 6.45) is 4.77. The van der Waals surface area contributed by atoms with E-state index in [9.17, 15) is 9.59 Å². The topological polar surface area (TPSA) is 79.7 Å². The summed E-state index contributed by atoms with van der Waals surface area (Å²) < 4.78 is 5.26. The zero-order chi connectivity index (χ0) is 14.5. The van der Waals surface area contributed by atoms with Gasteiger partial charge in [0, 0.05) is 25.9 Å². The number of aromatic nitrogens is 1. The van der Waals surface area contributed by atoms with Crippen LogP contribution in [0.1, 0.15) is 22.5 Å². The Morgan fingerprint density at radius 3 is 2.85 bits per heavy atom. The first-order chi connectivity index (χ1) is 9.58. The molecule has 0 spiro atoms. The van der Waals surface area contributed by atoms with E-state index in [2.05, 4.69) is 4.98 Å². The van der Waals surface area contributed by atoms with Gasteiger partial charge >= 0.3 is 5.97 Å². The summed E-state index contributed by atoms with van der Waals surface area (Å²) in [6, 6.07) is 3.35. The van der Waals surface area contributed by atoms with Crippen LogP contribution in [0.15, 0.2) is 24.4 Å². The highest BCUT2D eigenvalue weighted by atomic mass is 16.5. The summed E-state index contributed by atoms with van der Waals surface area (Å²) in [7, 11) is 1.74. The monoisotopic (exact) mass is 276 g/mol. The number of ether oxygens (including phenoxy) is 1. The smallest absolute Gasteiger partial charge is 0.328 e. The third-order valence-corrected chi connectivity index (χ3v) is 3.20. The largest absolute Gasteiger partial charge is 0.478 e. The van der Waals surface area contributed by atoms with Gasteiger partial charge in [-0.1, -0.05) is 6.07 Å². The molecule has 0 aromatic carbocycles. The molecule has 1 amide bonds. The van der Waals surface area contributed by atoms with Crippen LogP contribution < -0.4 is 0 Å². The van der Waals surface area contributed by atoms with Crippen LogP contribution in [0, 0.1) is 0 Å². The Hall–Kier alpha value is -2.21. The molecule has 1 N–H and O–H groups in total. The third kappa shape index (κ3) is 3.42. The van der Waals surface area contributed by atoms with E-state index in [0.29, 0.717) is 24.5 Å². The Labute approximate surface area is 116 Å². The van der Waals surface area contributed by atoms with Crippen LogP contribution in [0.2, 0.25) is 0 Å². The molecular formula is C14H16N2O4. The van der Waals surface area contributed by atoms with Gasteiger partial charge in [0.25, 0.3) is 5.91 Å². The van der Waals surface area contributed by atoms with Crippen LogP contribution in [0.5, 0.6) is 0 Å². The van der Waals surface area contributed by atoms with Gasteiger partial charge in [0.2, 0.25) is 0 Å². The molecule has 0 bridgehead atoms. The van der Waals surface area contributed by atoms with Gasteiger partial charge in [-0.15, -0.1) is 0 Å². The molecule has 20 heavy (non-hydrogen) atoms. The predicted molar refractivity (Wildman–Crippen MR) is 72.2 cm³/mol. The van der Waals surface area contributed by atoms with Gasteiger partial charge in [-0.3, -0.25) is 9.78 Å². The van der Waals surface area contributed by atoms with E-state index in [1.165, 1.54) is 12.3 Å². The zero-order valence-electron chi connectivity index (χ0n) is 11.2. The van der Waals surface area contributed by atoms with Crippen molar-refractivity contribution in [1.82, 2.24) is 9.88 Å². The van der Waals surface area contributed by atoms with Crippen molar-refractivity contribution < 1.29 is 19.4 Å². The molecule has 106 valence electrons. The van der Waals surface area contributed by atoms with Crippen molar-refractivity contribution >= 4 is 18.0 Å². The molecule has 6 heteroatoms. The molecule has 2 rings (SSSR count). The number of likely N-dealkylation sites (N-methyl/N-ethyl adjacent to an activating group) is 1. The van der Waals surface area contributed by atoms with Gasteiger partial charge in [0.15, 0.2) is 0 Å². The highest BCUT2D eigenvalue weighted by Crippen LogP contribution is 2.13. The van der Waals surface area contributed by atoms with Crippen molar-refractivity contribution in [2.24, 2.45) is 0 Å². The van der Waals surface area contributed by atoms with Gasteiger partial charge < -0.3 is 14.7 Å². The van der Waals surface area contributed by atoms with Crippen LogP contribution in [0.4, 0.5) is 0 Å². The molecule has 0 aliphatic carbocycles. The Morgan fingerprint density at radius 2 is 2.30 bits per heavy atom. The number of carbonyl (C=O) groups excluding carboxylic acids is 1. The minimum Gasteiger partial charge on any atom is -0.478 e. The van der Waals surface area contributed by atoms with E-state index < -0.39 is 5.97 Å². The van der Waals surface area contributed by atoms with Gasteiger partial charge in [0.1, 0.15) is 5.69 Å². The number of hydrogen-bond donors (Lipinski definition) is 1. The van der Waals surface area contributed by atoms with Crippen LogP contribution in [-0.2, 0) is 9.53 Å². The molecular weight excluding hydrogens is 260 g/mol. The first kappa shape index (κ1) is 14.2. The summed E-state index contributed by atoms with van der Waals surface area (Å²) in [4.78, 5) is 28.3. The van der Waals surface area contributed by atoms with Crippen LogP contribution in [-0.4, -0.2) is 53.2 Å². The molecule has 1 aromatic rings. The second-order valence-electron chi connectivity index (χ2n) is 4.58. The van der Waals surface area contributed by atoms with Gasteiger partial charge in [-0.25, -0.2) is 4.79 Å². The Bertz CT molecular complexity index is 518. The summed E-state index contributed by atoms with van der Waals surface area (Å²) in [5.74, 6) is -1.18. The highest BCUT2D eigenvalue weighted by Gasteiger charge is 2.25. The number of amides is 1. The Morgan fingerprint density at radius 1 is 1.50 bits per heavy atom. The van der Waals surface area contributed by atoms with Crippen LogP contribution in [0.25, 0.3) is 6.08 Å². The summed E-state index contributed by atoms with van der Waals surface area (Å²) >= 11 is 0. The lowest BCUT2D eigenvalue weighted by molar-refractivity contribution is -0.131. The van der Waals surface area contributed by atoms with E-state index in [1.807, 2.05) is 0 Å². The molecule has 1 fully saturated rings. The molecule has 1 saturated heterocycles. The number of nitrogens with zero attached hydrogens (tertiary/aromatic N) is 2. The first-order valence-electron chi connectivity index (χ1n) is 6.30. The molecule has 0 saturated carbocycles. The fourth-order valence-electron chi connectivity index (χ4n) is 1.97. The molecule has 6 nitrogen and oxygen atoms in total. The number of carboxylic acid groups (broad SMARTS) is 1. The summed E-state index contributed by atoms with van der Waals surface area (Å²) in [5.41, 5.74) is 0.975. The van der Waals surface area contributed by atoms with Gasteiger partial charge in [0.05, 0.1) is 12.6 Å². The predicted octanol–water partition coefficient (Wildman–Crippen LogP) is 1.04. The van der Waals surface area contributed by atoms with Crippen molar-refractivity contribution in [1.29, 1.82) is 0 Å². The first-order valence-corrected chi connectivity index (χ1v) is 6.30. The normalized spacial score (nSPS) is 18.4. The fraction of sp³-hybridized carbons (Fsp3) is 0.357. The van der Waals surface area contributed by atoms with Crippen LogP contribution >= 0.6 is 0 Å². The molecule has 1 aliphatic heterocycles. The quantitative estimate of drug-likeness (QED) is 0.831. The number of carbonyl (C=O) groups is 2. The minimum absolute atomic E-state index is 0.0934. The lowest BCUT2D eigenvalue weighted by Crippen LogP contribution is -2.37. The van der Waals surface area contributed by atoms with Crippen molar-refractivity contribution in [2.75, 3.05) is 20.3 Å². The molecule has 2 heterocycles. The van der Waals surface area contributed by atoms with Crippen molar-refractivity contribution in [3.63, 3.8) is 0 Å². The minimum atomic E-state index is -1.02. The lowest BCUT2D eigenvalue weighted by atomic mass is 10.2. The van der Waals surface area contributed by atoms with Gasteiger partial charge in [-0.2, -0.15) is 0 Å². The van der Waals surface area contributed by atoms with E-state index in [4.69, 9.17) is 9.84 Å².